The van der Waals surface area contributed by atoms with Crippen molar-refractivity contribution in [3.05, 3.63) is 65.6 Å². The van der Waals surface area contributed by atoms with Crippen LogP contribution in [0.25, 0.3) is 10.9 Å². The van der Waals surface area contributed by atoms with E-state index in [0.717, 1.165) is 12.1 Å². The van der Waals surface area contributed by atoms with Crippen molar-refractivity contribution in [3.8, 4) is 0 Å². The van der Waals surface area contributed by atoms with Crippen LogP contribution >= 0.6 is 0 Å². The van der Waals surface area contributed by atoms with Crippen LogP contribution < -0.4 is 0 Å². The molecule has 0 aliphatic carbocycles. The summed E-state index contributed by atoms with van der Waals surface area (Å²) in [4.78, 5) is 2.70. The van der Waals surface area contributed by atoms with Gasteiger partial charge in [-0.2, -0.15) is 4.31 Å². The third-order valence-electron chi connectivity index (χ3n) is 6.49. The van der Waals surface area contributed by atoms with E-state index in [1.54, 1.807) is 6.07 Å². The molecule has 2 atom stereocenters. The Kier molecular flexibility index (Phi) is 4.69. The number of halogens is 3. The van der Waals surface area contributed by atoms with E-state index in [1.165, 1.54) is 28.7 Å². The monoisotopic (exact) mass is 450 g/mol. The normalized spacial score (nSPS) is 26.6. The van der Waals surface area contributed by atoms with E-state index in [1.807, 2.05) is 0 Å². The largest absolute Gasteiger partial charge is 0.389 e. The van der Waals surface area contributed by atoms with Gasteiger partial charge in [-0.25, -0.2) is 21.6 Å². The van der Waals surface area contributed by atoms with Gasteiger partial charge in [0.15, 0.2) is 0 Å². The number of piperidine rings is 1. The van der Waals surface area contributed by atoms with Gasteiger partial charge in [0.05, 0.1) is 11.0 Å². The molecule has 3 heterocycles. The number of aromatic nitrogens is 1. The standard InChI is InChI=1S/C22H21F3N2O3S/c23-14-5-4-13(18(25)8-14)9-22(28)10-15-6-7-16(11-22)27(15)31(29,30)20-12-26-19-3-1-2-17(24)21(19)20/h1-5,8,12,15-16,26,28H,6-7,9-11H2. The number of fused-ring (bicyclic) bond motifs is 3. The van der Waals surface area contributed by atoms with Gasteiger partial charge in [-0.15, -0.1) is 0 Å². The molecule has 1 aromatic heterocycles. The van der Waals surface area contributed by atoms with E-state index in [4.69, 9.17) is 0 Å². The van der Waals surface area contributed by atoms with Crippen LogP contribution in [0.5, 0.6) is 0 Å². The summed E-state index contributed by atoms with van der Waals surface area (Å²) in [6, 6.07) is 6.60. The average molecular weight is 450 g/mol. The van der Waals surface area contributed by atoms with E-state index in [-0.39, 0.29) is 35.1 Å². The maximum absolute atomic E-state index is 14.4. The van der Waals surface area contributed by atoms with Gasteiger partial charge in [0.2, 0.25) is 10.0 Å². The number of benzene rings is 2. The molecular formula is C22H21F3N2O3S. The molecule has 0 radical (unpaired) electrons. The molecule has 0 amide bonds. The maximum atomic E-state index is 14.4. The lowest BCUT2D eigenvalue weighted by Gasteiger charge is -2.43. The minimum absolute atomic E-state index is 0.0242. The molecule has 2 N–H and O–H groups in total. The molecule has 2 aliphatic rings. The Hall–Kier alpha value is -2.36. The van der Waals surface area contributed by atoms with Crippen molar-refractivity contribution in [3.63, 3.8) is 0 Å². The average Bonchev–Trinajstić information content (AvgIpc) is 3.26. The zero-order valence-electron chi connectivity index (χ0n) is 16.5. The summed E-state index contributed by atoms with van der Waals surface area (Å²) >= 11 is 0. The predicted octanol–water partition coefficient (Wildman–Crippen LogP) is 3.87. The number of rotatable bonds is 4. The fourth-order valence-corrected chi connectivity index (χ4v) is 7.31. The molecule has 164 valence electrons. The van der Waals surface area contributed by atoms with Gasteiger partial charge in [0, 0.05) is 36.3 Å². The summed E-state index contributed by atoms with van der Waals surface area (Å²) in [6.45, 7) is 0. The molecule has 5 rings (SSSR count). The number of H-pyrrole nitrogens is 1. The Bertz CT molecular complexity index is 1260. The first kappa shape index (κ1) is 20.5. The lowest BCUT2D eigenvalue weighted by Crippen LogP contribution is -2.53. The van der Waals surface area contributed by atoms with Gasteiger partial charge in [-0.05, 0) is 49.4 Å². The van der Waals surface area contributed by atoms with Crippen molar-refractivity contribution >= 4 is 20.9 Å². The molecule has 0 spiro atoms. The van der Waals surface area contributed by atoms with Gasteiger partial charge >= 0.3 is 0 Å². The molecule has 2 fully saturated rings. The van der Waals surface area contributed by atoms with E-state index in [0.29, 0.717) is 18.4 Å². The number of aromatic amines is 1. The predicted molar refractivity (Wildman–Crippen MR) is 108 cm³/mol. The van der Waals surface area contributed by atoms with E-state index in [9.17, 15) is 26.7 Å². The second-order valence-electron chi connectivity index (χ2n) is 8.58. The molecular weight excluding hydrogens is 429 g/mol. The Balaban J connectivity index is 1.46. The Morgan fingerprint density at radius 1 is 1.06 bits per heavy atom. The molecule has 2 bridgehead atoms. The van der Waals surface area contributed by atoms with E-state index in [2.05, 4.69) is 4.98 Å². The lowest BCUT2D eigenvalue weighted by molar-refractivity contribution is -0.0289. The third-order valence-corrected chi connectivity index (χ3v) is 8.52. The fourth-order valence-electron chi connectivity index (χ4n) is 5.27. The van der Waals surface area contributed by atoms with Gasteiger partial charge < -0.3 is 10.1 Å². The molecule has 31 heavy (non-hydrogen) atoms. The highest BCUT2D eigenvalue weighted by atomic mass is 32.2. The quantitative estimate of drug-likeness (QED) is 0.634. The molecule has 0 saturated carbocycles. The number of hydrogen-bond acceptors (Lipinski definition) is 3. The number of nitrogens with zero attached hydrogens (tertiary/aromatic N) is 1. The highest BCUT2D eigenvalue weighted by Gasteiger charge is 2.52. The van der Waals surface area contributed by atoms with Crippen molar-refractivity contribution in [2.75, 3.05) is 0 Å². The van der Waals surface area contributed by atoms with Crippen LogP contribution in [0.1, 0.15) is 31.2 Å². The van der Waals surface area contributed by atoms with Crippen LogP contribution in [-0.4, -0.2) is 40.5 Å². The molecule has 2 unspecified atom stereocenters. The smallest absolute Gasteiger partial charge is 0.245 e. The topological polar surface area (TPSA) is 73.4 Å². The molecule has 9 heteroatoms. The third kappa shape index (κ3) is 3.35. The van der Waals surface area contributed by atoms with Crippen molar-refractivity contribution in [1.82, 2.24) is 9.29 Å². The summed E-state index contributed by atoms with van der Waals surface area (Å²) in [5.41, 5.74) is -0.716. The van der Waals surface area contributed by atoms with E-state index < -0.39 is 45.2 Å². The van der Waals surface area contributed by atoms with Crippen molar-refractivity contribution in [1.29, 1.82) is 0 Å². The first-order valence-corrected chi connectivity index (χ1v) is 11.6. The molecule has 5 nitrogen and oxygen atoms in total. The first-order chi connectivity index (χ1) is 14.7. The second-order valence-corrected chi connectivity index (χ2v) is 10.4. The minimum atomic E-state index is -4.01. The van der Waals surface area contributed by atoms with Crippen molar-refractivity contribution in [2.45, 2.75) is 54.7 Å². The maximum Gasteiger partial charge on any atom is 0.245 e. The van der Waals surface area contributed by atoms with Gasteiger partial charge in [0.25, 0.3) is 0 Å². The Labute approximate surface area is 177 Å². The van der Waals surface area contributed by atoms with Gasteiger partial charge in [-0.1, -0.05) is 12.1 Å². The summed E-state index contributed by atoms with van der Waals surface area (Å²) in [7, 11) is -4.01. The Morgan fingerprint density at radius 2 is 1.77 bits per heavy atom. The molecule has 2 saturated heterocycles. The SMILES string of the molecule is O=S(=O)(c1c[nH]c2cccc(F)c12)N1C2CCC1CC(O)(Cc1ccc(F)cc1F)C2. The highest BCUT2D eigenvalue weighted by molar-refractivity contribution is 7.89. The summed E-state index contributed by atoms with van der Waals surface area (Å²) in [5, 5.41) is 11.2. The Morgan fingerprint density at radius 3 is 2.45 bits per heavy atom. The highest BCUT2D eigenvalue weighted by Crippen LogP contribution is 2.46. The molecule has 2 aromatic carbocycles. The van der Waals surface area contributed by atoms with Crippen LogP contribution in [0.3, 0.4) is 0 Å². The summed E-state index contributed by atoms with van der Waals surface area (Å²) in [5.74, 6) is -2.05. The second kappa shape index (κ2) is 7.08. The van der Waals surface area contributed by atoms with Crippen molar-refractivity contribution in [2.24, 2.45) is 0 Å². The van der Waals surface area contributed by atoms with Crippen LogP contribution in [0.2, 0.25) is 0 Å². The number of aliphatic hydroxyl groups is 1. The number of nitrogens with one attached hydrogen (secondary N) is 1. The van der Waals surface area contributed by atoms with Crippen LogP contribution in [0, 0.1) is 17.5 Å². The molecule has 2 aliphatic heterocycles. The number of sulfonamides is 1. The van der Waals surface area contributed by atoms with E-state index >= 15 is 0 Å². The zero-order chi connectivity index (χ0) is 22.0. The minimum Gasteiger partial charge on any atom is -0.389 e. The lowest BCUT2D eigenvalue weighted by atomic mass is 9.82. The van der Waals surface area contributed by atoms with Crippen LogP contribution in [0.4, 0.5) is 13.2 Å². The van der Waals surface area contributed by atoms with Crippen LogP contribution in [0.15, 0.2) is 47.5 Å². The van der Waals surface area contributed by atoms with Crippen LogP contribution in [-0.2, 0) is 16.4 Å². The zero-order valence-corrected chi connectivity index (χ0v) is 17.3. The summed E-state index contributed by atoms with van der Waals surface area (Å²) in [6.07, 6.45) is 2.65. The van der Waals surface area contributed by atoms with Gasteiger partial charge in [-0.3, -0.25) is 0 Å². The fraction of sp³-hybridized carbons (Fsp3) is 0.364. The number of hydrogen-bond donors (Lipinski definition) is 2. The van der Waals surface area contributed by atoms with Crippen molar-refractivity contribution < 1.29 is 26.7 Å². The van der Waals surface area contributed by atoms with Gasteiger partial charge in [0.1, 0.15) is 22.3 Å². The first-order valence-electron chi connectivity index (χ1n) is 10.1. The molecule has 3 aromatic rings. The summed E-state index contributed by atoms with van der Waals surface area (Å²) < 4.78 is 70.1.